The molecule has 3 N–H and O–H groups in total. The molecule has 1 amide bonds. The quantitative estimate of drug-likeness (QED) is 0.0243. The molecule has 456 valence electrons. The molecule has 79 heavy (non-hydrogen) atoms. The first-order chi connectivity index (χ1) is 38.5. The number of carbonyl (C=O) groups is 1. The van der Waals surface area contributed by atoms with Gasteiger partial charge in [-0.05, 0) is 83.5 Å². The molecule has 0 bridgehead atoms. The van der Waals surface area contributed by atoms with Crippen molar-refractivity contribution in [2.24, 2.45) is 0 Å². The highest BCUT2D eigenvalue weighted by Crippen LogP contribution is 2.43. The van der Waals surface area contributed by atoms with Crippen LogP contribution in [0.5, 0.6) is 0 Å². The van der Waals surface area contributed by atoms with Crippen molar-refractivity contribution in [2.45, 2.75) is 289 Å². The molecule has 9 heteroatoms. The molecule has 0 spiro atoms. The summed E-state index contributed by atoms with van der Waals surface area (Å²) < 4.78 is 23.8. The molecule has 3 atom stereocenters. The maximum absolute atomic E-state index is 13.0. The van der Waals surface area contributed by atoms with E-state index < -0.39 is 20.0 Å². The third kappa shape index (κ3) is 62.6. The average molecular weight is 1120 g/mol. The van der Waals surface area contributed by atoms with Gasteiger partial charge in [0.25, 0.3) is 0 Å². The van der Waals surface area contributed by atoms with Crippen LogP contribution >= 0.6 is 7.82 Å². The number of phosphoric ester groups is 1. The summed E-state index contributed by atoms with van der Waals surface area (Å²) in [6.07, 6.45) is 88.0. The van der Waals surface area contributed by atoms with E-state index in [1.165, 1.54) is 167 Å². The summed E-state index contributed by atoms with van der Waals surface area (Å²) in [6, 6.07) is -0.880. The molecular weight excluding hydrogens is 996 g/mol. The van der Waals surface area contributed by atoms with Gasteiger partial charge in [0.05, 0.1) is 39.9 Å². The fourth-order valence-corrected chi connectivity index (χ4v) is 9.91. The van der Waals surface area contributed by atoms with Crippen LogP contribution in [0.2, 0.25) is 0 Å². The molecule has 0 aliphatic carbocycles. The van der Waals surface area contributed by atoms with Crippen LogP contribution in [0.3, 0.4) is 0 Å². The Hall–Kier alpha value is -2.84. The number of carbonyl (C=O) groups excluding carboxylic acids is 1. The molecule has 0 rings (SSSR count). The zero-order valence-corrected chi connectivity index (χ0v) is 53.0. The van der Waals surface area contributed by atoms with E-state index in [-0.39, 0.29) is 19.1 Å². The third-order valence-electron chi connectivity index (χ3n) is 14.2. The number of amides is 1. The lowest BCUT2D eigenvalue weighted by Gasteiger charge is -2.25. The van der Waals surface area contributed by atoms with Gasteiger partial charge in [-0.1, -0.05) is 297 Å². The first kappa shape index (κ1) is 76.2. The summed E-state index contributed by atoms with van der Waals surface area (Å²) in [6.45, 7) is 4.68. The Balaban J connectivity index is 4.23. The molecule has 0 heterocycles. The topological polar surface area (TPSA) is 105 Å². The number of nitrogens with one attached hydrogen (secondary N) is 1. The van der Waals surface area contributed by atoms with Crippen molar-refractivity contribution >= 4 is 13.7 Å². The molecule has 0 saturated heterocycles. The minimum Gasteiger partial charge on any atom is -0.387 e. The second-order valence-electron chi connectivity index (χ2n) is 23.1. The second kappa shape index (κ2) is 59.8. The molecule has 3 unspecified atom stereocenters. The number of quaternary nitrogens is 1. The Kier molecular flexibility index (Phi) is 57.6. The second-order valence-corrected chi connectivity index (χ2v) is 24.6. The molecule has 0 aromatic carbocycles. The van der Waals surface area contributed by atoms with Crippen LogP contribution in [-0.2, 0) is 18.4 Å². The minimum atomic E-state index is -4.37. The van der Waals surface area contributed by atoms with Crippen LogP contribution in [-0.4, -0.2) is 73.4 Å². The van der Waals surface area contributed by atoms with E-state index >= 15 is 0 Å². The predicted molar refractivity (Wildman–Crippen MR) is 345 cm³/mol. The number of aliphatic hydroxyl groups is 1. The normalized spacial score (nSPS) is 14.5. The van der Waals surface area contributed by atoms with Crippen LogP contribution in [0.25, 0.3) is 0 Å². The van der Waals surface area contributed by atoms with E-state index in [1.54, 1.807) is 6.08 Å². The molecule has 0 aliphatic heterocycles. The van der Waals surface area contributed by atoms with Gasteiger partial charge < -0.3 is 19.8 Å². The van der Waals surface area contributed by atoms with Crippen molar-refractivity contribution in [1.82, 2.24) is 5.32 Å². The van der Waals surface area contributed by atoms with Crippen LogP contribution in [0, 0.1) is 0 Å². The average Bonchev–Trinajstić information content (AvgIpc) is 3.42. The van der Waals surface area contributed by atoms with Crippen molar-refractivity contribution in [3.05, 3.63) is 109 Å². The summed E-state index contributed by atoms with van der Waals surface area (Å²) in [5.74, 6) is -0.221. The first-order valence-electron chi connectivity index (χ1n) is 32.8. The fourth-order valence-electron chi connectivity index (χ4n) is 9.18. The summed E-state index contributed by atoms with van der Waals surface area (Å²) in [5.41, 5.74) is 0. The molecule has 8 nitrogen and oxygen atoms in total. The number of hydrogen-bond donors (Lipinski definition) is 3. The smallest absolute Gasteiger partial charge is 0.387 e. The van der Waals surface area contributed by atoms with Gasteiger partial charge in [-0.25, -0.2) is 4.57 Å². The minimum absolute atomic E-state index is 0.0471. The van der Waals surface area contributed by atoms with Gasteiger partial charge in [-0.2, -0.15) is 0 Å². The number of likely N-dealkylation sites (N-methyl/N-ethyl adjacent to an activating group) is 1. The van der Waals surface area contributed by atoms with Crippen molar-refractivity contribution < 1.29 is 32.9 Å². The number of rotatable bonds is 59. The Morgan fingerprint density at radius 2 is 0.759 bits per heavy atom. The van der Waals surface area contributed by atoms with Crippen molar-refractivity contribution in [1.29, 1.82) is 0 Å². The Bertz CT molecular complexity index is 1650. The Morgan fingerprint density at radius 1 is 0.443 bits per heavy atom. The molecular formula is C70H126N2O6P+. The maximum atomic E-state index is 13.0. The number of aliphatic hydroxyl groups excluding tert-OH is 1. The van der Waals surface area contributed by atoms with Crippen LogP contribution in [0.4, 0.5) is 0 Å². The lowest BCUT2D eigenvalue weighted by Crippen LogP contribution is -2.45. The number of allylic oxidation sites excluding steroid dienone is 17. The Labute approximate surface area is 489 Å². The SMILES string of the molecule is CC/C=C\C/C=C\C/C=C\C/C=C\C/C=C\C/C=C\C/C=C\C/C=C\CCCCC(=O)NC(COP(=O)(O)OCC[N+](C)(C)C)C(O)/C=C/CCCCCCCCCCCCCCCCCCCCCCCCCCCCCC. The van der Waals surface area contributed by atoms with E-state index in [4.69, 9.17) is 9.05 Å². The van der Waals surface area contributed by atoms with Crippen molar-refractivity contribution in [2.75, 3.05) is 40.9 Å². The largest absolute Gasteiger partial charge is 0.472 e. The molecule has 0 aromatic heterocycles. The maximum Gasteiger partial charge on any atom is 0.472 e. The van der Waals surface area contributed by atoms with Crippen molar-refractivity contribution in [3.63, 3.8) is 0 Å². The number of phosphoric acid groups is 1. The van der Waals surface area contributed by atoms with Crippen LogP contribution in [0.15, 0.2) is 109 Å². The highest BCUT2D eigenvalue weighted by Gasteiger charge is 2.27. The van der Waals surface area contributed by atoms with Gasteiger partial charge in [0.1, 0.15) is 13.2 Å². The van der Waals surface area contributed by atoms with E-state index in [0.717, 1.165) is 83.5 Å². The van der Waals surface area contributed by atoms with E-state index in [9.17, 15) is 19.4 Å². The number of hydrogen-bond acceptors (Lipinski definition) is 5. The van der Waals surface area contributed by atoms with Gasteiger partial charge in [-0.15, -0.1) is 0 Å². The van der Waals surface area contributed by atoms with Gasteiger partial charge in [0, 0.05) is 6.42 Å². The zero-order valence-electron chi connectivity index (χ0n) is 52.1. The molecule has 0 fully saturated rings. The van der Waals surface area contributed by atoms with Gasteiger partial charge >= 0.3 is 7.82 Å². The molecule has 0 aromatic rings. The third-order valence-corrected chi connectivity index (χ3v) is 15.2. The summed E-state index contributed by atoms with van der Waals surface area (Å²) in [4.78, 5) is 23.4. The highest BCUT2D eigenvalue weighted by atomic mass is 31.2. The lowest BCUT2D eigenvalue weighted by molar-refractivity contribution is -0.870. The monoisotopic (exact) mass is 1120 g/mol. The highest BCUT2D eigenvalue weighted by molar-refractivity contribution is 7.47. The summed E-state index contributed by atoms with van der Waals surface area (Å²) >= 11 is 0. The predicted octanol–water partition coefficient (Wildman–Crippen LogP) is 20.7. The summed E-state index contributed by atoms with van der Waals surface area (Å²) in [7, 11) is 1.53. The standard InChI is InChI=1S/C70H125N2O6P/c1-6-8-10-12-14-16-18-20-22-24-26-28-30-32-34-35-36-38-39-41-43-45-47-49-51-53-55-57-59-61-63-69(73)68(67-78-79(75,76)77-66-65-72(3,4)5)71-70(74)64-62-60-58-56-54-52-50-48-46-44-42-40-37-33-31-29-27-25-23-21-19-17-15-13-11-9-7-2/h9,11,15,17,21,23,27,29,33,37,42,44,48,50,54,56,61,63,68-69,73H,6-8,10,12-14,16,18-20,22,24-26,28,30-32,34-36,38-41,43,45-47,49,51-53,55,57-60,62,64-67H2,1-5H3,(H-,71,74,75,76)/p+1/b11-9-,17-15-,23-21-,29-27-,37-33-,44-42-,50-48-,56-54-,63-61+. The number of unbranched alkanes of at least 4 members (excludes halogenated alkanes) is 30. The van der Waals surface area contributed by atoms with E-state index in [2.05, 4.69) is 116 Å². The molecule has 0 saturated carbocycles. The molecule has 0 aliphatic rings. The van der Waals surface area contributed by atoms with Gasteiger partial charge in [-0.3, -0.25) is 13.8 Å². The number of nitrogens with zero attached hydrogens (tertiary/aromatic N) is 1. The van der Waals surface area contributed by atoms with Crippen LogP contribution in [0.1, 0.15) is 277 Å². The summed E-state index contributed by atoms with van der Waals surface area (Å²) in [5, 5.41) is 14.0. The van der Waals surface area contributed by atoms with Gasteiger partial charge in [0.2, 0.25) is 5.91 Å². The van der Waals surface area contributed by atoms with Crippen molar-refractivity contribution in [3.8, 4) is 0 Å². The zero-order chi connectivity index (χ0) is 57.7. The Morgan fingerprint density at radius 3 is 1.11 bits per heavy atom. The van der Waals surface area contributed by atoms with Crippen LogP contribution < -0.4 is 5.32 Å². The fraction of sp³-hybridized carbons (Fsp3) is 0.729. The van der Waals surface area contributed by atoms with Gasteiger partial charge in [0.15, 0.2) is 0 Å². The lowest BCUT2D eigenvalue weighted by atomic mass is 10.0. The van der Waals surface area contributed by atoms with E-state index in [1.807, 2.05) is 27.2 Å². The van der Waals surface area contributed by atoms with E-state index in [0.29, 0.717) is 23.9 Å². The molecule has 0 radical (unpaired) electrons. The first-order valence-corrected chi connectivity index (χ1v) is 34.3.